The Morgan fingerprint density at radius 2 is 2.47 bits per heavy atom. The molecule has 15 heavy (non-hydrogen) atoms. The summed E-state index contributed by atoms with van der Waals surface area (Å²) in [4.78, 5) is 0. The molecule has 1 aliphatic heterocycles. The van der Waals surface area contributed by atoms with Crippen LogP contribution in [0.4, 0.5) is 0 Å². The third-order valence-electron chi connectivity index (χ3n) is 2.73. The molecule has 1 N–H and O–H groups in total. The number of hydrogen-bond acceptors (Lipinski definition) is 4. The van der Waals surface area contributed by atoms with Crippen molar-refractivity contribution in [3.8, 4) is 0 Å². The van der Waals surface area contributed by atoms with Gasteiger partial charge in [-0.1, -0.05) is 11.6 Å². The standard InChI is InChI=1S/C11H16O4/c1-13-11(12)5-3-8-2-4-9-10(6-8)15-7-14-9/h2,4,10-12H,3,5-7H2,1H3. The molecule has 2 atom stereocenters. The van der Waals surface area contributed by atoms with Crippen LogP contribution in [0.1, 0.15) is 19.3 Å². The van der Waals surface area contributed by atoms with Gasteiger partial charge in [-0.15, -0.1) is 0 Å². The Morgan fingerprint density at radius 1 is 1.60 bits per heavy atom. The second-order valence-corrected chi connectivity index (χ2v) is 3.74. The molecule has 0 aromatic rings. The Kier molecular flexibility index (Phi) is 3.41. The van der Waals surface area contributed by atoms with Crippen LogP contribution in [0.2, 0.25) is 0 Å². The molecule has 4 nitrogen and oxygen atoms in total. The first kappa shape index (κ1) is 10.7. The van der Waals surface area contributed by atoms with E-state index in [2.05, 4.69) is 0 Å². The zero-order valence-corrected chi connectivity index (χ0v) is 8.81. The van der Waals surface area contributed by atoms with Gasteiger partial charge in [-0.2, -0.15) is 0 Å². The van der Waals surface area contributed by atoms with Gasteiger partial charge in [0.2, 0.25) is 0 Å². The van der Waals surface area contributed by atoms with Gasteiger partial charge >= 0.3 is 0 Å². The maximum absolute atomic E-state index is 9.26. The highest BCUT2D eigenvalue weighted by Gasteiger charge is 2.26. The van der Waals surface area contributed by atoms with Crippen molar-refractivity contribution >= 4 is 0 Å². The molecule has 2 unspecified atom stereocenters. The lowest BCUT2D eigenvalue weighted by Gasteiger charge is -2.17. The molecule has 0 saturated carbocycles. The number of allylic oxidation sites excluding steroid dienone is 2. The Hall–Kier alpha value is -0.840. The maximum Gasteiger partial charge on any atom is 0.189 e. The molecule has 1 aliphatic carbocycles. The summed E-state index contributed by atoms with van der Waals surface area (Å²) in [6, 6.07) is 0. The van der Waals surface area contributed by atoms with Crippen LogP contribution in [-0.4, -0.2) is 31.4 Å². The zero-order chi connectivity index (χ0) is 10.7. The van der Waals surface area contributed by atoms with E-state index in [1.54, 1.807) is 0 Å². The first-order chi connectivity index (χ1) is 7.29. The topological polar surface area (TPSA) is 47.9 Å². The van der Waals surface area contributed by atoms with E-state index in [-0.39, 0.29) is 6.10 Å². The van der Waals surface area contributed by atoms with Crippen molar-refractivity contribution in [2.24, 2.45) is 0 Å². The first-order valence-electron chi connectivity index (χ1n) is 5.14. The molecular formula is C11H16O4. The summed E-state index contributed by atoms with van der Waals surface area (Å²) >= 11 is 0. The molecule has 1 saturated heterocycles. The van der Waals surface area contributed by atoms with Crippen molar-refractivity contribution in [3.63, 3.8) is 0 Å². The van der Waals surface area contributed by atoms with Crippen LogP contribution in [-0.2, 0) is 14.2 Å². The van der Waals surface area contributed by atoms with Gasteiger partial charge in [0.05, 0.1) is 0 Å². The maximum atomic E-state index is 9.26. The van der Waals surface area contributed by atoms with E-state index in [0.29, 0.717) is 13.2 Å². The van der Waals surface area contributed by atoms with E-state index in [9.17, 15) is 5.11 Å². The van der Waals surface area contributed by atoms with E-state index >= 15 is 0 Å². The minimum absolute atomic E-state index is 0.0877. The minimum atomic E-state index is -0.669. The fourth-order valence-corrected chi connectivity index (χ4v) is 1.79. The lowest BCUT2D eigenvalue weighted by atomic mass is 9.97. The largest absolute Gasteiger partial charge is 0.469 e. The molecule has 4 heteroatoms. The lowest BCUT2D eigenvalue weighted by Crippen LogP contribution is -2.14. The lowest BCUT2D eigenvalue weighted by molar-refractivity contribution is -0.0779. The average molecular weight is 212 g/mol. The van der Waals surface area contributed by atoms with Gasteiger partial charge in [-0.3, -0.25) is 0 Å². The quantitative estimate of drug-likeness (QED) is 0.714. The van der Waals surface area contributed by atoms with E-state index in [4.69, 9.17) is 14.2 Å². The van der Waals surface area contributed by atoms with Gasteiger partial charge in [0, 0.05) is 20.0 Å². The number of aliphatic hydroxyl groups excluding tert-OH is 1. The summed E-state index contributed by atoms with van der Waals surface area (Å²) in [5, 5.41) is 9.26. The summed E-state index contributed by atoms with van der Waals surface area (Å²) in [7, 11) is 1.51. The SMILES string of the molecule is COC(O)CCC1=CC=C2OCOC2C1. The number of ether oxygens (including phenoxy) is 3. The Labute approximate surface area is 89.1 Å². The highest BCUT2D eigenvalue weighted by molar-refractivity contribution is 5.25. The molecule has 0 bridgehead atoms. The van der Waals surface area contributed by atoms with Crippen molar-refractivity contribution in [1.82, 2.24) is 0 Å². The fraction of sp³-hybridized carbons (Fsp3) is 0.636. The number of hydrogen-bond donors (Lipinski definition) is 1. The predicted molar refractivity (Wildman–Crippen MR) is 53.9 cm³/mol. The molecule has 0 aromatic heterocycles. The Bertz CT molecular complexity index is 282. The van der Waals surface area contributed by atoms with Gasteiger partial charge in [0.25, 0.3) is 0 Å². The van der Waals surface area contributed by atoms with Gasteiger partial charge < -0.3 is 19.3 Å². The van der Waals surface area contributed by atoms with Crippen LogP contribution in [0.15, 0.2) is 23.5 Å². The van der Waals surface area contributed by atoms with E-state index in [1.165, 1.54) is 12.7 Å². The first-order valence-corrected chi connectivity index (χ1v) is 5.14. The predicted octanol–water partition coefficient (Wildman–Crippen LogP) is 1.32. The highest BCUT2D eigenvalue weighted by Crippen LogP contribution is 2.29. The average Bonchev–Trinajstić information content (AvgIpc) is 2.72. The number of methoxy groups -OCH3 is 1. The van der Waals surface area contributed by atoms with E-state index in [1.807, 2.05) is 12.2 Å². The molecule has 0 aromatic carbocycles. The fourth-order valence-electron chi connectivity index (χ4n) is 1.79. The van der Waals surface area contributed by atoms with Crippen molar-refractivity contribution in [3.05, 3.63) is 23.5 Å². The van der Waals surface area contributed by atoms with Crippen molar-refractivity contribution in [2.45, 2.75) is 31.7 Å². The molecular weight excluding hydrogens is 196 g/mol. The van der Waals surface area contributed by atoms with Crippen LogP contribution in [0.3, 0.4) is 0 Å². The molecule has 2 aliphatic rings. The monoisotopic (exact) mass is 212 g/mol. The Morgan fingerprint density at radius 3 is 3.27 bits per heavy atom. The molecule has 1 heterocycles. The van der Waals surface area contributed by atoms with Crippen molar-refractivity contribution in [2.75, 3.05) is 13.9 Å². The second kappa shape index (κ2) is 4.79. The van der Waals surface area contributed by atoms with Crippen LogP contribution < -0.4 is 0 Å². The van der Waals surface area contributed by atoms with Crippen LogP contribution in [0.5, 0.6) is 0 Å². The molecule has 1 fully saturated rings. The van der Waals surface area contributed by atoms with E-state index in [0.717, 1.165) is 18.6 Å². The zero-order valence-electron chi connectivity index (χ0n) is 8.81. The molecule has 84 valence electrons. The summed E-state index contributed by atoms with van der Waals surface area (Å²) in [6.07, 6.45) is 5.74. The third kappa shape index (κ3) is 2.59. The molecule has 2 rings (SSSR count). The molecule has 0 amide bonds. The summed E-state index contributed by atoms with van der Waals surface area (Å²) in [5.74, 6) is 0.922. The summed E-state index contributed by atoms with van der Waals surface area (Å²) in [6.45, 7) is 0.359. The summed E-state index contributed by atoms with van der Waals surface area (Å²) < 4.78 is 15.5. The van der Waals surface area contributed by atoms with Crippen molar-refractivity contribution < 1.29 is 19.3 Å². The van der Waals surface area contributed by atoms with Gasteiger partial charge in [0.15, 0.2) is 13.1 Å². The Balaban J connectivity index is 1.85. The van der Waals surface area contributed by atoms with Gasteiger partial charge in [-0.25, -0.2) is 0 Å². The highest BCUT2D eigenvalue weighted by atomic mass is 16.7. The minimum Gasteiger partial charge on any atom is -0.469 e. The van der Waals surface area contributed by atoms with Crippen molar-refractivity contribution in [1.29, 1.82) is 0 Å². The van der Waals surface area contributed by atoms with Crippen LogP contribution in [0, 0.1) is 0 Å². The number of fused-ring (bicyclic) bond motifs is 1. The van der Waals surface area contributed by atoms with E-state index < -0.39 is 6.29 Å². The third-order valence-corrected chi connectivity index (χ3v) is 2.73. The second-order valence-electron chi connectivity index (χ2n) is 3.74. The normalized spacial score (nSPS) is 26.4. The molecule has 0 spiro atoms. The molecule has 0 radical (unpaired) electrons. The number of aliphatic hydroxyl groups is 1. The van der Waals surface area contributed by atoms with Crippen LogP contribution >= 0.6 is 0 Å². The number of rotatable bonds is 4. The summed E-state index contributed by atoms with van der Waals surface area (Å²) in [5.41, 5.74) is 1.27. The van der Waals surface area contributed by atoms with Gasteiger partial charge in [-0.05, 0) is 12.5 Å². The smallest absolute Gasteiger partial charge is 0.189 e. The van der Waals surface area contributed by atoms with Gasteiger partial charge in [0.1, 0.15) is 11.9 Å². The van der Waals surface area contributed by atoms with Crippen LogP contribution in [0.25, 0.3) is 0 Å².